The molecule has 0 radical (unpaired) electrons. The molecule has 3 heterocycles. The number of anilines is 1. The van der Waals surface area contributed by atoms with Gasteiger partial charge in [-0.25, -0.2) is 9.97 Å². The Morgan fingerprint density at radius 1 is 1.13 bits per heavy atom. The molecule has 3 aromatic rings. The van der Waals surface area contributed by atoms with Gasteiger partial charge in [0, 0.05) is 29.8 Å². The van der Waals surface area contributed by atoms with Gasteiger partial charge in [-0.1, -0.05) is 23.2 Å². The Morgan fingerprint density at radius 3 is 2.43 bits per heavy atom. The molecule has 1 saturated heterocycles. The summed E-state index contributed by atoms with van der Waals surface area (Å²) >= 11 is 13.3. The van der Waals surface area contributed by atoms with E-state index in [0.29, 0.717) is 38.7 Å². The van der Waals surface area contributed by atoms with Gasteiger partial charge in [0.15, 0.2) is 0 Å². The van der Waals surface area contributed by atoms with Gasteiger partial charge in [0.1, 0.15) is 11.5 Å². The number of likely N-dealkylation sites (tertiary alicyclic amines) is 1. The second kappa shape index (κ2) is 8.41. The number of hydrogen-bond donors (Lipinski definition) is 1. The van der Waals surface area contributed by atoms with Crippen LogP contribution < -0.4 is 15.2 Å². The van der Waals surface area contributed by atoms with Gasteiger partial charge >= 0.3 is 0 Å². The van der Waals surface area contributed by atoms with E-state index in [4.69, 9.17) is 43.4 Å². The highest BCUT2D eigenvalue weighted by molar-refractivity contribution is 6.41. The van der Waals surface area contributed by atoms with Crippen LogP contribution >= 0.6 is 23.2 Å². The summed E-state index contributed by atoms with van der Waals surface area (Å²) in [7, 11) is 5.22. The molecule has 1 atom stereocenters. The third-order valence-electron chi connectivity index (χ3n) is 5.46. The van der Waals surface area contributed by atoms with Crippen LogP contribution in [0.3, 0.4) is 0 Å². The summed E-state index contributed by atoms with van der Waals surface area (Å²) in [5.74, 6) is 1.63. The monoisotopic (exact) mass is 447 g/mol. The van der Waals surface area contributed by atoms with Gasteiger partial charge in [0.2, 0.25) is 5.95 Å². The van der Waals surface area contributed by atoms with E-state index in [1.165, 1.54) is 0 Å². The van der Waals surface area contributed by atoms with E-state index in [1.54, 1.807) is 26.5 Å². The first-order valence-electron chi connectivity index (χ1n) is 9.62. The Labute approximate surface area is 185 Å². The van der Waals surface area contributed by atoms with Crippen molar-refractivity contribution in [3.05, 3.63) is 34.1 Å². The van der Waals surface area contributed by atoms with E-state index in [2.05, 4.69) is 21.9 Å². The Morgan fingerprint density at radius 2 is 1.83 bits per heavy atom. The summed E-state index contributed by atoms with van der Waals surface area (Å²) < 4.78 is 10.8. The number of aromatic nitrogens is 3. The number of fused-ring (bicyclic) bond motifs is 1. The highest BCUT2D eigenvalue weighted by Crippen LogP contribution is 2.46. The lowest BCUT2D eigenvalue weighted by molar-refractivity contribution is 0.394. The number of nitrogen functional groups attached to an aromatic ring is 1. The number of pyridine rings is 1. The number of halogens is 2. The average Bonchev–Trinajstić information content (AvgIpc) is 3.13. The lowest BCUT2D eigenvalue weighted by atomic mass is 9.99. The summed E-state index contributed by atoms with van der Waals surface area (Å²) in [6.07, 6.45) is 3.59. The van der Waals surface area contributed by atoms with Crippen LogP contribution in [-0.4, -0.2) is 54.2 Å². The zero-order valence-corrected chi connectivity index (χ0v) is 18.6. The fourth-order valence-electron chi connectivity index (χ4n) is 3.97. The van der Waals surface area contributed by atoms with Crippen molar-refractivity contribution in [3.8, 4) is 22.8 Å². The highest BCUT2D eigenvalue weighted by atomic mass is 35.5. The Kier molecular flexibility index (Phi) is 5.86. The number of benzene rings is 1. The van der Waals surface area contributed by atoms with E-state index < -0.39 is 0 Å². The SMILES string of the molecule is COc1cc(OC)c(Cl)c(-c2cc3cnc(N)nc3c(CC3CCN(C)C3)n2)c1Cl. The van der Waals surface area contributed by atoms with Crippen molar-refractivity contribution in [2.24, 2.45) is 5.92 Å². The van der Waals surface area contributed by atoms with Gasteiger partial charge in [0.05, 0.1) is 41.2 Å². The van der Waals surface area contributed by atoms with Crippen molar-refractivity contribution in [2.45, 2.75) is 12.8 Å². The second-order valence-corrected chi connectivity index (χ2v) is 8.28. The molecule has 4 rings (SSSR count). The Bertz CT molecular complexity index is 1080. The van der Waals surface area contributed by atoms with Crippen LogP contribution in [0.25, 0.3) is 22.2 Å². The number of nitrogens with two attached hydrogens (primary N) is 1. The first kappa shape index (κ1) is 20.9. The largest absolute Gasteiger partial charge is 0.495 e. The maximum Gasteiger partial charge on any atom is 0.220 e. The molecule has 0 spiro atoms. The van der Waals surface area contributed by atoms with E-state index in [1.807, 2.05) is 6.07 Å². The number of nitrogens with zero attached hydrogens (tertiary/aromatic N) is 4. The van der Waals surface area contributed by atoms with Gasteiger partial charge in [-0.2, -0.15) is 0 Å². The number of ether oxygens (including phenoxy) is 2. The van der Waals surface area contributed by atoms with Gasteiger partial charge in [0.25, 0.3) is 0 Å². The Hall–Kier alpha value is -2.35. The molecule has 1 aromatic carbocycles. The fourth-order valence-corrected chi connectivity index (χ4v) is 4.66. The van der Waals surface area contributed by atoms with E-state index in [-0.39, 0.29) is 5.95 Å². The van der Waals surface area contributed by atoms with E-state index in [0.717, 1.165) is 42.5 Å². The quantitative estimate of drug-likeness (QED) is 0.629. The predicted octanol–water partition coefficient (Wildman–Crippen LogP) is 4.09. The maximum atomic E-state index is 6.63. The summed E-state index contributed by atoms with van der Waals surface area (Å²) in [5, 5.41) is 1.57. The van der Waals surface area contributed by atoms with Crippen LogP contribution in [0.15, 0.2) is 18.3 Å². The molecule has 158 valence electrons. The van der Waals surface area contributed by atoms with Crippen LogP contribution in [-0.2, 0) is 6.42 Å². The minimum atomic E-state index is 0.223. The fraction of sp³-hybridized carbons (Fsp3) is 0.381. The molecule has 2 N–H and O–H groups in total. The van der Waals surface area contributed by atoms with E-state index in [9.17, 15) is 0 Å². The van der Waals surface area contributed by atoms with Gasteiger partial charge in [-0.15, -0.1) is 0 Å². The molecule has 0 saturated carbocycles. The smallest absolute Gasteiger partial charge is 0.220 e. The summed E-state index contributed by atoms with van der Waals surface area (Å²) in [6, 6.07) is 3.53. The topological polar surface area (TPSA) is 86.4 Å². The predicted molar refractivity (Wildman–Crippen MR) is 120 cm³/mol. The van der Waals surface area contributed by atoms with Gasteiger partial charge in [-0.05, 0) is 38.4 Å². The molecule has 9 heteroatoms. The lowest BCUT2D eigenvalue weighted by Gasteiger charge is -2.17. The molecule has 1 aliphatic rings. The summed E-state index contributed by atoms with van der Waals surface area (Å²) in [4.78, 5) is 15.9. The zero-order valence-electron chi connectivity index (χ0n) is 17.1. The lowest BCUT2D eigenvalue weighted by Crippen LogP contribution is -2.15. The van der Waals surface area contributed by atoms with Gasteiger partial charge < -0.3 is 20.1 Å². The molecule has 30 heavy (non-hydrogen) atoms. The number of hydrogen-bond acceptors (Lipinski definition) is 7. The maximum absolute atomic E-state index is 6.63. The van der Waals surface area contributed by atoms with Crippen molar-refractivity contribution in [2.75, 3.05) is 40.1 Å². The molecule has 0 amide bonds. The van der Waals surface area contributed by atoms with Crippen LogP contribution in [0.1, 0.15) is 12.1 Å². The molecule has 2 aromatic heterocycles. The van der Waals surface area contributed by atoms with Crippen LogP contribution in [0.5, 0.6) is 11.5 Å². The molecule has 0 aliphatic carbocycles. The molecular weight excluding hydrogens is 425 g/mol. The molecule has 0 bridgehead atoms. The van der Waals surface area contributed by atoms with Crippen molar-refractivity contribution < 1.29 is 9.47 Å². The first-order valence-corrected chi connectivity index (χ1v) is 10.4. The molecule has 1 aliphatic heterocycles. The second-order valence-electron chi connectivity index (χ2n) is 7.53. The standard InChI is InChI=1S/C21H23Cl2N5O2/c1-28-5-4-11(10-28)6-14-20-12(9-25-21(24)27-20)7-13(26-14)17-18(22)15(29-2)8-16(30-3)19(17)23/h7-9,11H,4-6,10H2,1-3H3,(H2,24,25,27). The molecule has 7 nitrogen and oxygen atoms in total. The van der Waals surface area contributed by atoms with Crippen molar-refractivity contribution in [1.29, 1.82) is 0 Å². The first-order chi connectivity index (χ1) is 14.4. The normalized spacial score (nSPS) is 16.9. The minimum absolute atomic E-state index is 0.223. The number of methoxy groups -OCH3 is 2. The third-order valence-corrected chi connectivity index (χ3v) is 6.21. The minimum Gasteiger partial charge on any atom is -0.495 e. The van der Waals surface area contributed by atoms with Crippen LogP contribution in [0, 0.1) is 5.92 Å². The average molecular weight is 448 g/mol. The summed E-state index contributed by atoms with van der Waals surface area (Å²) in [5.41, 5.74) is 8.64. The highest BCUT2D eigenvalue weighted by Gasteiger charge is 2.24. The van der Waals surface area contributed by atoms with Crippen molar-refractivity contribution in [1.82, 2.24) is 19.9 Å². The Balaban J connectivity index is 1.91. The van der Waals surface area contributed by atoms with Crippen LogP contribution in [0.2, 0.25) is 10.0 Å². The van der Waals surface area contributed by atoms with E-state index >= 15 is 0 Å². The molecule has 1 unspecified atom stereocenters. The number of rotatable bonds is 5. The van der Waals surface area contributed by atoms with Crippen molar-refractivity contribution in [3.63, 3.8) is 0 Å². The van der Waals surface area contributed by atoms with Gasteiger partial charge in [-0.3, -0.25) is 4.98 Å². The molecular formula is C21H23Cl2N5O2. The molecule has 1 fully saturated rings. The van der Waals surface area contributed by atoms with Crippen LogP contribution in [0.4, 0.5) is 5.95 Å². The summed E-state index contributed by atoms with van der Waals surface area (Å²) in [6.45, 7) is 2.09. The van der Waals surface area contributed by atoms with Crippen molar-refractivity contribution >= 4 is 40.1 Å². The third kappa shape index (κ3) is 3.85. The zero-order chi connectivity index (χ0) is 21.4.